The summed E-state index contributed by atoms with van der Waals surface area (Å²) in [6.45, 7) is 10.6. The molecule has 8 heteroatoms. The fourth-order valence-corrected chi connectivity index (χ4v) is 5.27. The Bertz CT molecular complexity index is 1230. The predicted octanol–water partition coefficient (Wildman–Crippen LogP) is 7.04. The fraction of sp³-hybridized carbons (Fsp3) is 0.455. The average Bonchev–Trinajstić information content (AvgIpc) is 3.07. The van der Waals surface area contributed by atoms with Crippen molar-refractivity contribution in [2.75, 3.05) is 27.2 Å². The Labute approximate surface area is 249 Å². The first-order valence-electron chi connectivity index (χ1n) is 14.0. The van der Waals surface area contributed by atoms with Crippen LogP contribution >= 0.6 is 11.6 Å². The highest BCUT2D eigenvalue weighted by Crippen LogP contribution is 2.36. The molecule has 1 aliphatic heterocycles. The van der Waals surface area contributed by atoms with Crippen LogP contribution in [0.1, 0.15) is 53.4 Å². The molecular weight excluding hydrogens is 539 g/mol. The molecule has 0 aromatic rings. The minimum Gasteiger partial charge on any atom is -0.373 e. The number of nitrogens with zero attached hydrogens (tertiary/aromatic N) is 3. The molecule has 2 unspecified atom stereocenters. The largest absolute Gasteiger partial charge is 0.373 e. The maximum absolute atomic E-state index is 13.8. The Hall–Kier alpha value is -3.32. The second kappa shape index (κ2) is 16.2. The Kier molecular flexibility index (Phi) is 13.4. The van der Waals surface area contributed by atoms with E-state index in [-0.39, 0.29) is 17.7 Å². The number of carbonyl (C=O) groups is 2. The van der Waals surface area contributed by atoms with Crippen LogP contribution in [0.2, 0.25) is 0 Å². The molecule has 1 heterocycles. The van der Waals surface area contributed by atoms with Gasteiger partial charge < -0.3 is 15.0 Å². The zero-order valence-corrected chi connectivity index (χ0v) is 26.0. The predicted molar refractivity (Wildman–Crippen MR) is 170 cm³/mol. The first-order chi connectivity index (χ1) is 19.5. The molecule has 1 fully saturated rings. The number of carbonyl (C=O) groups excluding carboxylic acids is 2. The molecule has 222 valence electrons. The van der Waals surface area contributed by atoms with E-state index in [0.29, 0.717) is 30.5 Å². The molecule has 0 aromatic heterocycles. The van der Waals surface area contributed by atoms with Gasteiger partial charge in [0.15, 0.2) is 0 Å². The number of aliphatic imine (C=N–C) groups is 2. The van der Waals surface area contributed by atoms with Crippen LogP contribution in [0.5, 0.6) is 0 Å². The van der Waals surface area contributed by atoms with E-state index >= 15 is 0 Å². The van der Waals surface area contributed by atoms with Crippen molar-refractivity contribution in [2.45, 2.75) is 53.4 Å². The molecule has 0 bridgehead atoms. The lowest BCUT2D eigenvalue weighted by molar-refractivity contribution is -0.138. The van der Waals surface area contributed by atoms with Crippen LogP contribution in [0.3, 0.4) is 0 Å². The van der Waals surface area contributed by atoms with Gasteiger partial charge in [0.2, 0.25) is 5.91 Å². The Balaban J connectivity index is 0.00000287. The molecule has 0 aromatic carbocycles. The molecule has 6 nitrogen and oxygen atoms in total. The average molecular weight is 583 g/mol. The van der Waals surface area contributed by atoms with Gasteiger partial charge in [-0.05, 0) is 60.0 Å². The maximum Gasteiger partial charge on any atom is 0.228 e. The molecule has 3 rings (SSSR count). The summed E-state index contributed by atoms with van der Waals surface area (Å²) in [5.74, 6) is 1.10. The lowest BCUT2D eigenvalue weighted by Gasteiger charge is -2.29. The van der Waals surface area contributed by atoms with E-state index in [9.17, 15) is 9.18 Å². The molecule has 2 atom stereocenters. The SMILES string of the molecule is C=O.CN=C1CC(C2=C(NC)N=CCC=C2)C/C1=C/C(C)/C=C/CN(CC1=CCC=C(F)C=C1Cl)C(=O)C(C)(C)C. The minimum absolute atomic E-state index is 0.0213. The van der Waals surface area contributed by atoms with Gasteiger partial charge in [-0.3, -0.25) is 9.79 Å². The molecule has 1 amide bonds. The first kappa shape index (κ1) is 33.9. The molecule has 3 aliphatic rings. The van der Waals surface area contributed by atoms with Crippen LogP contribution in [0.25, 0.3) is 0 Å². The summed E-state index contributed by atoms with van der Waals surface area (Å²) in [5, 5.41) is 3.58. The van der Waals surface area contributed by atoms with E-state index in [1.54, 1.807) is 4.90 Å². The van der Waals surface area contributed by atoms with Gasteiger partial charge in [0, 0.05) is 56.0 Å². The molecule has 1 N–H and O–H groups in total. The monoisotopic (exact) mass is 582 g/mol. The number of nitrogens with one attached hydrogen (secondary N) is 1. The maximum atomic E-state index is 13.8. The highest BCUT2D eigenvalue weighted by molar-refractivity contribution is 6.32. The van der Waals surface area contributed by atoms with Crippen molar-refractivity contribution in [1.29, 1.82) is 0 Å². The summed E-state index contributed by atoms with van der Waals surface area (Å²) < 4.78 is 13.8. The van der Waals surface area contributed by atoms with Gasteiger partial charge in [-0.25, -0.2) is 9.38 Å². The quantitative estimate of drug-likeness (QED) is 0.312. The number of rotatable bonds is 8. The standard InChI is InChI=1S/C32H42ClFN4O.CH2O/c1-22(17-25-18-24(19-29(25)35-5)27-14-7-8-15-37-30(27)36-6)11-10-16-38(31(39)32(2,3)4)21-23-12-9-13-26(34)20-28(23)33;1-2/h7,10-15,17,20,22,24,36H,8-9,16,18-19,21H2,1-6H3;1H2/b11-10+,25-17-,35-29?;. The van der Waals surface area contributed by atoms with Crippen molar-refractivity contribution in [2.24, 2.45) is 27.2 Å². The minimum atomic E-state index is -0.546. The highest BCUT2D eigenvalue weighted by atomic mass is 35.5. The van der Waals surface area contributed by atoms with Crippen LogP contribution in [0.15, 0.2) is 92.0 Å². The van der Waals surface area contributed by atoms with Crippen LogP contribution in [-0.4, -0.2) is 56.7 Å². The Morgan fingerprint density at radius 3 is 2.68 bits per heavy atom. The van der Waals surface area contributed by atoms with Gasteiger partial charge in [0.25, 0.3) is 0 Å². The summed E-state index contributed by atoms with van der Waals surface area (Å²) in [6.07, 6.45) is 20.5. The second-order valence-electron chi connectivity index (χ2n) is 11.2. The summed E-state index contributed by atoms with van der Waals surface area (Å²) >= 11 is 6.37. The van der Waals surface area contributed by atoms with E-state index in [1.165, 1.54) is 23.3 Å². The third-order valence-electron chi connectivity index (χ3n) is 7.02. The van der Waals surface area contributed by atoms with E-state index in [0.717, 1.165) is 36.4 Å². The van der Waals surface area contributed by atoms with E-state index in [1.807, 2.05) is 60.0 Å². The summed E-state index contributed by atoms with van der Waals surface area (Å²) in [7, 11) is 3.78. The van der Waals surface area contributed by atoms with Crippen molar-refractivity contribution >= 4 is 36.2 Å². The van der Waals surface area contributed by atoms with Gasteiger partial charge in [-0.2, -0.15) is 0 Å². The summed E-state index contributed by atoms with van der Waals surface area (Å²) in [4.78, 5) is 32.2. The third-order valence-corrected chi connectivity index (χ3v) is 7.38. The van der Waals surface area contributed by atoms with Crippen LogP contribution in [-0.2, 0) is 9.59 Å². The van der Waals surface area contributed by atoms with Crippen molar-refractivity contribution in [3.8, 4) is 0 Å². The number of hydrogen-bond donors (Lipinski definition) is 1. The van der Waals surface area contributed by atoms with Crippen LogP contribution in [0, 0.1) is 17.3 Å². The fourth-order valence-electron chi connectivity index (χ4n) is 5.03. The van der Waals surface area contributed by atoms with Gasteiger partial charge in [-0.15, -0.1) is 0 Å². The lowest BCUT2D eigenvalue weighted by Crippen LogP contribution is -2.40. The molecule has 0 spiro atoms. The van der Waals surface area contributed by atoms with Gasteiger partial charge in [0.1, 0.15) is 18.4 Å². The van der Waals surface area contributed by atoms with E-state index in [4.69, 9.17) is 16.4 Å². The summed E-state index contributed by atoms with van der Waals surface area (Å²) in [5.41, 5.74) is 3.84. The van der Waals surface area contributed by atoms with Gasteiger partial charge >= 0.3 is 0 Å². The van der Waals surface area contributed by atoms with Crippen molar-refractivity contribution in [1.82, 2.24) is 10.2 Å². The van der Waals surface area contributed by atoms with E-state index in [2.05, 4.69) is 46.5 Å². The van der Waals surface area contributed by atoms with Gasteiger partial charge in [-0.1, -0.05) is 75.8 Å². The molecule has 41 heavy (non-hydrogen) atoms. The normalized spacial score (nSPS) is 22.0. The number of hydrogen-bond acceptors (Lipinski definition) is 5. The Morgan fingerprint density at radius 2 is 2.02 bits per heavy atom. The van der Waals surface area contributed by atoms with Crippen LogP contribution < -0.4 is 5.32 Å². The number of amides is 1. The number of halogens is 2. The Morgan fingerprint density at radius 1 is 1.29 bits per heavy atom. The third kappa shape index (κ3) is 9.92. The smallest absolute Gasteiger partial charge is 0.228 e. The molecule has 1 saturated carbocycles. The highest BCUT2D eigenvalue weighted by Gasteiger charge is 2.30. The zero-order chi connectivity index (χ0) is 30.6. The molecule has 0 radical (unpaired) electrons. The van der Waals surface area contributed by atoms with Crippen molar-refractivity contribution < 1.29 is 14.0 Å². The lowest BCUT2D eigenvalue weighted by atomic mass is 9.94. The zero-order valence-electron chi connectivity index (χ0n) is 25.2. The van der Waals surface area contributed by atoms with Crippen LogP contribution in [0.4, 0.5) is 4.39 Å². The molecule has 0 saturated heterocycles. The van der Waals surface area contributed by atoms with E-state index < -0.39 is 5.41 Å². The second-order valence-corrected chi connectivity index (χ2v) is 11.6. The molecule has 2 aliphatic carbocycles. The summed E-state index contributed by atoms with van der Waals surface area (Å²) in [6, 6.07) is 0. The first-order valence-corrected chi connectivity index (χ1v) is 14.4. The van der Waals surface area contributed by atoms with Gasteiger partial charge in [0.05, 0.1) is 0 Å². The number of allylic oxidation sites excluding steroid dienone is 10. The van der Waals surface area contributed by atoms with Crippen molar-refractivity contribution in [3.05, 3.63) is 82.0 Å². The molecular formula is C33H44ClFN4O2. The van der Waals surface area contributed by atoms with Crippen molar-refractivity contribution in [3.63, 3.8) is 0 Å². The topological polar surface area (TPSA) is 74.1 Å².